The highest BCUT2D eigenvalue weighted by molar-refractivity contribution is 7.89. The minimum Gasteiger partial charge on any atom is -0.426 e. The molecule has 0 saturated heterocycles. The van der Waals surface area contributed by atoms with Crippen LogP contribution in [0.15, 0.2) is 71.8 Å². The number of carbonyl (C=O) groups excluding carboxylic acids is 1. The van der Waals surface area contributed by atoms with E-state index in [4.69, 9.17) is 0 Å². The maximum Gasteiger partial charge on any atom is 0.475 e. The van der Waals surface area contributed by atoms with Crippen LogP contribution in [0.5, 0.6) is 0 Å². The van der Waals surface area contributed by atoms with Gasteiger partial charge in [0, 0.05) is 24.0 Å². The number of amides is 1. The van der Waals surface area contributed by atoms with Gasteiger partial charge in [-0.25, -0.2) is 13.1 Å². The van der Waals surface area contributed by atoms with Crippen molar-refractivity contribution in [2.45, 2.75) is 69.3 Å². The van der Waals surface area contributed by atoms with Gasteiger partial charge in [-0.3, -0.25) is 9.78 Å². The van der Waals surface area contributed by atoms with Crippen molar-refractivity contribution >= 4 is 39.5 Å². The van der Waals surface area contributed by atoms with Gasteiger partial charge in [-0.15, -0.1) is 0 Å². The van der Waals surface area contributed by atoms with Crippen molar-refractivity contribution < 1.29 is 23.3 Å². The first kappa shape index (κ1) is 29.0. The van der Waals surface area contributed by atoms with E-state index >= 15 is 0 Å². The molecule has 1 aromatic heterocycles. The monoisotopic (exact) mass is 549 g/mol. The third-order valence-electron chi connectivity index (χ3n) is 6.99. The van der Waals surface area contributed by atoms with E-state index in [2.05, 4.69) is 27.2 Å². The highest BCUT2D eigenvalue weighted by Gasteiger charge is 2.28. The third-order valence-corrected chi connectivity index (χ3v) is 8.54. The summed E-state index contributed by atoms with van der Waals surface area (Å²) in [7, 11) is -5.64. The van der Waals surface area contributed by atoms with Crippen LogP contribution in [0, 0.1) is 5.92 Å². The molecule has 0 radical (unpaired) electrons. The first-order valence-corrected chi connectivity index (χ1v) is 14.9. The maximum atomic E-state index is 13.6. The van der Waals surface area contributed by atoms with E-state index in [1.54, 1.807) is 18.3 Å². The lowest BCUT2D eigenvalue weighted by Gasteiger charge is -2.25. The molecule has 206 valence electrons. The van der Waals surface area contributed by atoms with E-state index in [0.717, 1.165) is 29.4 Å². The summed E-state index contributed by atoms with van der Waals surface area (Å²) in [5.41, 5.74) is 3.76. The average Bonchev–Trinajstić information content (AvgIpc) is 2.90. The van der Waals surface area contributed by atoms with E-state index < -0.39 is 29.1 Å². The second-order valence-corrected chi connectivity index (χ2v) is 12.2. The second-order valence-electron chi connectivity index (χ2n) is 10.5. The number of aryl methyl sites for hydroxylation is 1. The standard InChI is InChI=1S/C29H36BN3O5S/c1-20(2)18-27(30(35)36)32-28(34)16-15-24(19-23-11-5-9-21-8-3-4-13-25(21)23)33-39(37,38)26-14-6-10-22-12-7-17-31-29(22)26/h3-4,6-8,10-14,17,20,24,27,33,35-36H,5,9,15-16,18-19H2,1-2H3,(H,32,34)/t24?,27-/m0/s1. The second kappa shape index (κ2) is 12.9. The zero-order valence-electron chi connectivity index (χ0n) is 22.4. The Hall–Kier alpha value is -3.05. The Balaban J connectivity index is 1.57. The number of hydrogen-bond acceptors (Lipinski definition) is 6. The van der Waals surface area contributed by atoms with Crippen molar-refractivity contribution in [3.63, 3.8) is 0 Å². The fourth-order valence-corrected chi connectivity index (χ4v) is 6.60. The molecule has 39 heavy (non-hydrogen) atoms. The van der Waals surface area contributed by atoms with Crippen molar-refractivity contribution in [3.8, 4) is 0 Å². The number of carbonyl (C=O) groups is 1. The van der Waals surface area contributed by atoms with E-state index in [-0.39, 0.29) is 29.6 Å². The average molecular weight is 550 g/mol. The molecule has 3 aromatic rings. The lowest BCUT2D eigenvalue weighted by Crippen LogP contribution is -2.47. The number of para-hydroxylation sites is 1. The number of benzene rings is 2. The molecule has 1 aliphatic carbocycles. The van der Waals surface area contributed by atoms with Crippen LogP contribution in [0.1, 0.15) is 57.1 Å². The van der Waals surface area contributed by atoms with Crippen LogP contribution in [0.4, 0.5) is 0 Å². The molecule has 4 N–H and O–H groups in total. The molecule has 1 unspecified atom stereocenters. The Morgan fingerprint density at radius 2 is 1.85 bits per heavy atom. The van der Waals surface area contributed by atoms with Gasteiger partial charge in [0.2, 0.25) is 15.9 Å². The van der Waals surface area contributed by atoms with Crippen molar-refractivity contribution in [1.82, 2.24) is 15.0 Å². The smallest absolute Gasteiger partial charge is 0.426 e. The molecule has 10 heteroatoms. The number of nitrogens with zero attached hydrogens (tertiary/aromatic N) is 1. The van der Waals surface area contributed by atoms with E-state index in [9.17, 15) is 23.3 Å². The molecule has 0 bridgehead atoms. The summed E-state index contributed by atoms with van der Waals surface area (Å²) in [6, 6.07) is 16.2. The van der Waals surface area contributed by atoms with Gasteiger partial charge in [-0.2, -0.15) is 0 Å². The van der Waals surface area contributed by atoms with Crippen molar-refractivity contribution in [2.75, 3.05) is 0 Å². The number of sulfonamides is 1. The molecule has 1 amide bonds. The van der Waals surface area contributed by atoms with Crippen LogP contribution in [-0.4, -0.2) is 48.5 Å². The number of hydrogen-bond donors (Lipinski definition) is 4. The van der Waals surface area contributed by atoms with Gasteiger partial charge in [0.05, 0.1) is 11.5 Å². The Kier molecular flexibility index (Phi) is 9.55. The maximum absolute atomic E-state index is 13.6. The van der Waals surface area contributed by atoms with Crippen LogP contribution in [0.2, 0.25) is 0 Å². The number of rotatable bonds is 12. The summed E-state index contributed by atoms with van der Waals surface area (Å²) in [6.45, 7) is 3.87. The molecular weight excluding hydrogens is 513 g/mol. The highest BCUT2D eigenvalue weighted by Crippen LogP contribution is 2.31. The molecule has 2 atom stereocenters. The molecule has 8 nitrogen and oxygen atoms in total. The summed E-state index contributed by atoms with van der Waals surface area (Å²) in [5.74, 6) is -0.991. The van der Waals surface area contributed by atoms with E-state index in [1.807, 2.05) is 44.2 Å². The lowest BCUT2D eigenvalue weighted by atomic mass is 9.75. The fourth-order valence-electron chi connectivity index (χ4n) is 5.15. The van der Waals surface area contributed by atoms with Crippen molar-refractivity contribution in [1.29, 1.82) is 0 Å². The number of pyridine rings is 1. The van der Waals surface area contributed by atoms with Crippen LogP contribution < -0.4 is 10.0 Å². The Morgan fingerprint density at radius 3 is 2.62 bits per heavy atom. The summed E-state index contributed by atoms with van der Waals surface area (Å²) in [4.78, 5) is 17.2. The Morgan fingerprint density at radius 1 is 1.08 bits per heavy atom. The third kappa shape index (κ3) is 7.54. The fraction of sp³-hybridized carbons (Fsp3) is 0.379. The molecule has 0 spiro atoms. The van der Waals surface area contributed by atoms with E-state index in [1.165, 1.54) is 11.6 Å². The topological polar surface area (TPSA) is 129 Å². The quantitative estimate of drug-likeness (QED) is 0.256. The Bertz CT molecular complexity index is 1440. The Labute approximate surface area is 230 Å². The molecule has 1 aliphatic rings. The van der Waals surface area contributed by atoms with Gasteiger partial charge in [0.15, 0.2) is 0 Å². The zero-order chi connectivity index (χ0) is 28.0. The van der Waals surface area contributed by atoms with Gasteiger partial charge in [-0.05, 0) is 66.9 Å². The molecule has 2 aromatic carbocycles. The normalized spacial score (nSPS) is 14.9. The first-order valence-electron chi connectivity index (χ1n) is 13.4. The number of aromatic nitrogens is 1. The molecule has 0 aliphatic heterocycles. The highest BCUT2D eigenvalue weighted by atomic mass is 32.2. The summed E-state index contributed by atoms with van der Waals surface area (Å²) < 4.78 is 30.1. The summed E-state index contributed by atoms with van der Waals surface area (Å²) in [6.07, 6.45) is 6.60. The van der Waals surface area contributed by atoms with Gasteiger partial charge in [0.1, 0.15) is 4.90 Å². The largest absolute Gasteiger partial charge is 0.475 e. The van der Waals surface area contributed by atoms with Crippen LogP contribution in [0.25, 0.3) is 16.5 Å². The molecule has 1 heterocycles. The van der Waals surface area contributed by atoms with Crippen LogP contribution in [-0.2, 0) is 21.2 Å². The number of allylic oxidation sites excluding steroid dienone is 1. The van der Waals surface area contributed by atoms with Gasteiger partial charge >= 0.3 is 7.12 Å². The SMILES string of the molecule is CC(C)C[C@H](NC(=O)CCC(CC1=CCCc2ccccc21)NS(=O)(=O)c1cccc2cccnc12)B(O)O. The minimum atomic E-state index is -3.97. The molecule has 4 rings (SSSR count). The minimum absolute atomic E-state index is 0.0250. The van der Waals surface area contributed by atoms with Crippen molar-refractivity contribution in [2.24, 2.45) is 5.92 Å². The van der Waals surface area contributed by atoms with Crippen molar-refractivity contribution in [3.05, 3.63) is 78.0 Å². The van der Waals surface area contributed by atoms with E-state index in [0.29, 0.717) is 18.4 Å². The first-order chi connectivity index (χ1) is 18.6. The molecule has 0 saturated carbocycles. The van der Waals surface area contributed by atoms with Crippen LogP contribution in [0.3, 0.4) is 0 Å². The zero-order valence-corrected chi connectivity index (χ0v) is 23.2. The number of nitrogens with one attached hydrogen (secondary N) is 2. The summed E-state index contributed by atoms with van der Waals surface area (Å²) in [5, 5.41) is 22.8. The summed E-state index contributed by atoms with van der Waals surface area (Å²) >= 11 is 0. The predicted octanol–water partition coefficient (Wildman–Crippen LogP) is 3.62. The lowest BCUT2D eigenvalue weighted by molar-refractivity contribution is -0.121. The van der Waals surface area contributed by atoms with Gasteiger partial charge in [0.25, 0.3) is 0 Å². The van der Waals surface area contributed by atoms with Gasteiger partial charge < -0.3 is 15.4 Å². The van der Waals surface area contributed by atoms with Gasteiger partial charge in [-0.1, -0.05) is 62.4 Å². The predicted molar refractivity (Wildman–Crippen MR) is 154 cm³/mol. The number of fused-ring (bicyclic) bond motifs is 2. The molecular formula is C29H36BN3O5S. The van der Waals surface area contributed by atoms with Crippen LogP contribution >= 0.6 is 0 Å². The molecule has 0 fully saturated rings.